The molecule has 18 heavy (non-hydrogen) atoms. The summed E-state index contributed by atoms with van der Waals surface area (Å²) >= 11 is 1.50. The molecule has 0 aliphatic heterocycles. The summed E-state index contributed by atoms with van der Waals surface area (Å²) in [6, 6.07) is 6.46. The molecule has 0 aliphatic rings. The monoisotopic (exact) mass is 265 g/mol. The van der Waals surface area contributed by atoms with Crippen molar-refractivity contribution >= 4 is 16.5 Å². The van der Waals surface area contributed by atoms with Crippen molar-refractivity contribution in [1.82, 2.24) is 10.2 Å². The van der Waals surface area contributed by atoms with E-state index >= 15 is 0 Å². The van der Waals surface area contributed by atoms with Gasteiger partial charge in [-0.2, -0.15) is 0 Å². The van der Waals surface area contributed by atoms with Crippen molar-refractivity contribution in [2.24, 2.45) is 0 Å². The minimum absolute atomic E-state index is 0.245. The third kappa shape index (κ3) is 2.85. The summed E-state index contributed by atoms with van der Waals surface area (Å²) in [6.07, 6.45) is 1.07. The van der Waals surface area contributed by atoms with Gasteiger partial charge in [-0.3, -0.25) is 0 Å². The van der Waals surface area contributed by atoms with E-state index in [1.54, 1.807) is 6.07 Å². The molecule has 96 valence electrons. The first-order valence-electron chi connectivity index (χ1n) is 6.09. The Labute approximate surface area is 110 Å². The van der Waals surface area contributed by atoms with Crippen LogP contribution >= 0.6 is 11.3 Å². The summed E-state index contributed by atoms with van der Waals surface area (Å²) < 4.78 is 13.2. The third-order valence-electron chi connectivity index (χ3n) is 2.63. The molecule has 0 bridgehead atoms. The van der Waals surface area contributed by atoms with Gasteiger partial charge >= 0.3 is 0 Å². The molecule has 2 rings (SSSR count). The van der Waals surface area contributed by atoms with Crippen LogP contribution in [0.25, 0.3) is 10.6 Å². The SMILES string of the molecule is CCCN(CC)c1nnc(-c2cccc(F)c2)s1. The Balaban J connectivity index is 2.24. The second-order valence-electron chi connectivity index (χ2n) is 3.98. The van der Waals surface area contributed by atoms with E-state index in [9.17, 15) is 4.39 Å². The highest BCUT2D eigenvalue weighted by atomic mass is 32.1. The van der Waals surface area contributed by atoms with E-state index in [-0.39, 0.29) is 5.82 Å². The van der Waals surface area contributed by atoms with Gasteiger partial charge in [0.15, 0.2) is 0 Å². The molecule has 1 heterocycles. The van der Waals surface area contributed by atoms with Gasteiger partial charge in [0, 0.05) is 18.7 Å². The minimum atomic E-state index is -0.245. The number of aromatic nitrogens is 2. The van der Waals surface area contributed by atoms with Crippen LogP contribution in [-0.4, -0.2) is 23.3 Å². The summed E-state index contributed by atoms with van der Waals surface area (Å²) in [4.78, 5) is 2.18. The highest BCUT2D eigenvalue weighted by molar-refractivity contribution is 7.18. The lowest BCUT2D eigenvalue weighted by Crippen LogP contribution is -2.23. The first-order valence-corrected chi connectivity index (χ1v) is 6.90. The molecule has 0 radical (unpaired) electrons. The van der Waals surface area contributed by atoms with Gasteiger partial charge in [-0.25, -0.2) is 4.39 Å². The molecule has 2 aromatic rings. The second kappa shape index (κ2) is 5.91. The van der Waals surface area contributed by atoms with Crippen LogP contribution in [0.4, 0.5) is 9.52 Å². The average Bonchev–Trinajstić information content (AvgIpc) is 2.85. The molecule has 3 nitrogen and oxygen atoms in total. The van der Waals surface area contributed by atoms with Crippen molar-refractivity contribution in [3.63, 3.8) is 0 Å². The number of nitrogens with zero attached hydrogens (tertiary/aromatic N) is 3. The van der Waals surface area contributed by atoms with Gasteiger partial charge in [-0.15, -0.1) is 10.2 Å². The number of hydrogen-bond acceptors (Lipinski definition) is 4. The molecular weight excluding hydrogens is 249 g/mol. The van der Waals surface area contributed by atoms with Crippen molar-refractivity contribution in [3.05, 3.63) is 30.1 Å². The van der Waals surface area contributed by atoms with Gasteiger partial charge in [0.2, 0.25) is 5.13 Å². The molecule has 0 unspecified atom stereocenters. The van der Waals surface area contributed by atoms with Crippen molar-refractivity contribution in [2.75, 3.05) is 18.0 Å². The summed E-state index contributed by atoms with van der Waals surface area (Å²) in [5.74, 6) is -0.245. The average molecular weight is 265 g/mol. The van der Waals surface area contributed by atoms with Crippen LogP contribution in [0.3, 0.4) is 0 Å². The lowest BCUT2D eigenvalue weighted by Gasteiger charge is -2.17. The second-order valence-corrected chi connectivity index (χ2v) is 4.94. The van der Waals surface area contributed by atoms with Crippen LogP contribution in [0.1, 0.15) is 20.3 Å². The number of hydrogen-bond donors (Lipinski definition) is 0. The molecule has 1 aromatic carbocycles. The van der Waals surface area contributed by atoms with Gasteiger partial charge in [0.25, 0.3) is 0 Å². The predicted octanol–water partition coefficient (Wildman–Crippen LogP) is 3.58. The summed E-state index contributed by atoms with van der Waals surface area (Å²) in [5.41, 5.74) is 0.784. The first kappa shape index (κ1) is 13.0. The maximum atomic E-state index is 13.2. The van der Waals surface area contributed by atoms with E-state index in [2.05, 4.69) is 28.9 Å². The number of rotatable bonds is 5. The molecule has 0 saturated carbocycles. The van der Waals surface area contributed by atoms with Gasteiger partial charge in [0.05, 0.1) is 0 Å². The third-order valence-corrected chi connectivity index (χ3v) is 3.66. The van der Waals surface area contributed by atoms with Crippen molar-refractivity contribution in [2.45, 2.75) is 20.3 Å². The lowest BCUT2D eigenvalue weighted by molar-refractivity contribution is 0.628. The summed E-state index contributed by atoms with van der Waals surface area (Å²) in [6.45, 7) is 6.11. The highest BCUT2D eigenvalue weighted by Crippen LogP contribution is 2.28. The van der Waals surface area contributed by atoms with Crippen LogP contribution in [0, 0.1) is 5.82 Å². The van der Waals surface area contributed by atoms with Crippen molar-refractivity contribution in [1.29, 1.82) is 0 Å². The molecule has 0 atom stereocenters. The Morgan fingerprint density at radius 2 is 2.11 bits per heavy atom. The smallest absolute Gasteiger partial charge is 0.208 e. The highest BCUT2D eigenvalue weighted by Gasteiger charge is 2.11. The Kier molecular flexibility index (Phi) is 4.25. The molecule has 1 aromatic heterocycles. The van der Waals surface area contributed by atoms with E-state index < -0.39 is 0 Å². The minimum Gasteiger partial charge on any atom is -0.347 e. The maximum absolute atomic E-state index is 13.2. The fourth-order valence-electron chi connectivity index (χ4n) is 1.74. The van der Waals surface area contributed by atoms with Gasteiger partial charge in [0.1, 0.15) is 10.8 Å². The van der Waals surface area contributed by atoms with E-state index in [1.807, 2.05) is 6.07 Å². The zero-order chi connectivity index (χ0) is 13.0. The molecule has 5 heteroatoms. The largest absolute Gasteiger partial charge is 0.347 e. The molecule has 0 N–H and O–H groups in total. The maximum Gasteiger partial charge on any atom is 0.208 e. The number of halogens is 1. The molecule has 0 fully saturated rings. The zero-order valence-electron chi connectivity index (χ0n) is 10.6. The Hall–Kier alpha value is -1.49. The molecule has 0 aliphatic carbocycles. The Bertz CT molecular complexity index is 512. The molecule has 0 amide bonds. The molecular formula is C13H16FN3S. The van der Waals surface area contributed by atoms with Crippen LogP contribution in [-0.2, 0) is 0 Å². The normalized spacial score (nSPS) is 10.6. The lowest BCUT2D eigenvalue weighted by atomic mass is 10.2. The van der Waals surface area contributed by atoms with E-state index in [0.717, 1.165) is 35.2 Å². The van der Waals surface area contributed by atoms with E-state index in [0.29, 0.717) is 0 Å². The van der Waals surface area contributed by atoms with Crippen LogP contribution < -0.4 is 4.90 Å². The fourth-order valence-corrected chi connectivity index (χ4v) is 2.67. The zero-order valence-corrected chi connectivity index (χ0v) is 11.4. The van der Waals surface area contributed by atoms with Gasteiger partial charge in [-0.1, -0.05) is 30.4 Å². The van der Waals surface area contributed by atoms with Crippen LogP contribution in [0.5, 0.6) is 0 Å². The van der Waals surface area contributed by atoms with Crippen molar-refractivity contribution < 1.29 is 4.39 Å². The standard InChI is InChI=1S/C13H16FN3S/c1-3-8-17(4-2)13-16-15-12(18-13)10-6-5-7-11(14)9-10/h5-7,9H,3-4,8H2,1-2H3. The Morgan fingerprint density at radius 1 is 1.28 bits per heavy atom. The fraction of sp³-hybridized carbons (Fsp3) is 0.385. The van der Waals surface area contributed by atoms with Crippen LogP contribution in [0.2, 0.25) is 0 Å². The van der Waals surface area contributed by atoms with Crippen LogP contribution in [0.15, 0.2) is 24.3 Å². The number of benzene rings is 1. The van der Waals surface area contributed by atoms with Crippen molar-refractivity contribution in [3.8, 4) is 10.6 Å². The van der Waals surface area contributed by atoms with E-state index in [4.69, 9.17) is 0 Å². The summed E-state index contributed by atoms with van der Waals surface area (Å²) in [5, 5.41) is 9.99. The Morgan fingerprint density at radius 3 is 2.78 bits per heavy atom. The predicted molar refractivity (Wildman–Crippen MR) is 73.5 cm³/mol. The number of anilines is 1. The summed E-state index contributed by atoms with van der Waals surface area (Å²) in [7, 11) is 0. The van der Waals surface area contributed by atoms with Gasteiger partial charge < -0.3 is 4.90 Å². The van der Waals surface area contributed by atoms with E-state index in [1.165, 1.54) is 23.5 Å². The van der Waals surface area contributed by atoms with Gasteiger partial charge in [-0.05, 0) is 25.5 Å². The molecule has 0 saturated heterocycles. The first-order chi connectivity index (χ1) is 8.74. The topological polar surface area (TPSA) is 29.0 Å². The quantitative estimate of drug-likeness (QED) is 0.827. The molecule has 0 spiro atoms.